The number of amides is 2. The van der Waals surface area contributed by atoms with Gasteiger partial charge in [-0.05, 0) is 48.9 Å². The van der Waals surface area contributed by atoms with Crippen molar-refractivity contribution in [3.63, 3.8) is 0 Å². The third-order valence-corrected chi connectivity index (χ3v) is 5.52. The Morgan fingerprint density at radius 3 is 2.81 bits per heavy atom. The highest BCUT2D eigenvalue weighted by Gasteiger charge is 2.22. The van der Waals surface area contributed by atoms with E-state index < -0.39 is 30.2 Å². The number of hydrogen-bond donors (Lipinski definition) is 2. The number of carbonyl (C=O) groups is 3. The molecule has 27 heavy (non-hydrogen) atoms. The molecule has 3 rings (SSSR count). The van der Waals surface area contributed by atoms with Crippen LogP contribution in [0, 0.1) is 11.7 Å². The van der Waals surface area contributed by atoms with Gasteiger partial charge in [0.25, 0.3) is 11.8 Å². The average molecular weight is 390 g/mol. The molecule has 0 unspecified atom stereocenters. The summed E-state index contributed by atoms with van der Waals surface area (Å²) in [4.78, 5) is 37.3. The van der Waals surface area contributed by atoms with Gasteiger partial charge in [-0.25, -0.2) is 9.18 Å². The zero-order valence-corrected chi connectivity index (χ0v) is 15.5. The molecule has 1 aliphatic carbocycles. The van der Waals surface area contributed by atoms with Gasteiger partial charge in [0.05, 0.1) is 5.56 Å². The lowest BCUT2D eigenvalue weighted by Crippen LogP contribution is -2.43. The Kier molecular flexibility index (Phi) is 5.85. The van der Waals surface area contributed by atoms with E-state index in [1.54, 1.807) is 0 Å². The normalized spacial score (nSPS) is 15.6. The lowest BCUT2D eigenvalue weighted by molar-refractivity contribution is -0.125. The van der Waals surface area contributed by atoms with Gasteiger partial charge < -0.3 is 4.74 Å². The summed E-state index contributed by atoms with van der Waals surface area (Å²) in [5, 5.41) is 0. The molecular formula is C19H19FN2O4S. The second kappa shape index (κ2) is 8.30. The molecule has 0 aliphatic heterocycles. The highest BCUT2D eigenvalue weighted by molar-refractivity contribution is 7.14. The number of esters is 1. The van der Waals surface area contributed by atoms with Crippen molar-refractivity contribution in [3.05, 3.63) is 57.0 Å². The average Bonchev–Trinajstić information content (AvgIpc) is 3.07. The molecule has 2 N–H and O–H groups in total. The van der Waals surface area contributed by atoms with E-state index in [1.807, 2.05) is 6.07 Å². The highest BCUT2D eigenvalue weighted by atomic mass is 32.1. The van der Waals surface area contributed by atoms with Crippen LogP contribution in [0.25, 0.3) is 0 Å². The number of benzene rings is 1. The topological polar surface area (TPSA) is 84.5 Å². The number of halogens is 1. The molecule has 0 radical (unpaired) electrons. The first-order valence-electron chi connectivity index (χ1n) is 8.56. The third kappa shape index (κ3) is 4.71. The lowest BCUT2D eigenvalue weighted by atomic mass is 9.90. The maximum absolute atomic E-state index is 13.5. The molecule has 1 heterocycles. The third-order valence-electron chi connectivity index (χ3n) is 4.30. The highest BCUT2D eigenvalue weighted by Crippen LogP contribution is 2.32. The zero-order valence-electron chi connectivity index (χ0n) is 14.7. The molecule has 6 nitrogen and oxygen atoms in total. The largest absolute Gasteiger partial charge is 0.451 e. The summed E-state index contributed by atoms with van der Waals surface area (Å²) in [5.74, 6) is -2.19. The lowest BCUT2D eigenvalue weighted by Gasteiger charge is -2.16. The van der Waals surface area contributed by atoms with Crippen LogP contribution in [0.2, 0.25) is 0 Å². The van der Waals surface area contributed by atoms with E-state index in [-0.39, 0.29) is 5.56 Å². The minimum absolute atomic E-state index is 0.201. The van der Waals surface area contributed by atoms with Crippen LogP contribution in [0.5, 0.6) is 0 Å². The van der Waals surface area contributed by atoms with E-state index in [0.29, 0.717) is 10.8 Å². The standard InChI is InChI=1S/C19H19FN2O4S/c1-11-6-7-15-12(8-11)9-16(27-15)19(25)26-10-17(23)21-22-18(24)13-4-2-3-5-14(13)20/h2-5,9,11H,6-8,10H2,1H3,(H,21,23)(H,22,24)/t11-/m1/s1. The number of hydrazine groups is 1. The Hall–Kier alpha value is -2.74. The smallest absolute Gasteiger partial charge is 0.348 e. The van der Waals surface area contributed by atoms with Crippen molar-refractivity contribution in [1.82, 2.24) is 10.9 Å². The van der Waals surface area contributed by atoms with E-state index in [2.05, 4.69) is 17.8 Å². The zero-order chi connectivity index (χ0) is 19.4. The molecule has 1 aromatic carbocycles. The van der Waals surface area contributed by atoms with Gasteiger partial charge in [-0.2, -0.15) is 0 Å². The van der Waals surface area contributed by atoms with Crippen LogP contribution in [-0.2, 0) is 22.4 Å². The van der Waals surface area contributed by atoms with Gasteiger partial charge in [0.1, 0.15) is 10.7 Å². The molecule has 2 aromatic rings. The van der Waals surface area contributed by atoms with Gasteiger partial charge in [-0.1, -0.05) is 19.1 Å². The molecule has 0 spiro atoms. The summed E-state index contributed by atoms with van der Waals surface area (Å²) < 4.78 is 18.5. The van der Waals surface area contributed by atoms with E-state index in [0.717, 1.165) is 25.3 Å². The summed E-state index contributed by atoms with van der Waals surface area (Å²) in [6.07, 6.45) is 3.00. The second-order valence-electron chi connectivity index (χ2n) is 6.47. The summed E-state index contributed by atoms with van der Waals surface area (Å²) in [7, 11) is 0. The van der Waals surface area contributed by atoms with Crippen LogP contribution in [0.15, 0.2) is 30.3 Å². The number of fused-ring (bicyclic) bond motifs is 1. The second-order valence-corrected chi connectivity index (χ2v) is 7.60. The minimum Gasteiger partial charge on any atom is -0.451 e. The van der Waals surface area contributed by atoms with E-state index in [9.17, 15) is 18.8 Å². The van der Waals surface area contributed by atoms with Crippen LogP contribution in [0.1, 0.15) is 43.8 Å². The molecule has 2 amide bonds. The number of thiophene rings is 1. The Morgan fingerprint density at radius 2 is 2.04 bits per heavy atom. The number of aryl methyl sites for hydroxylation is 1. The van der Waals surface area contributed by atoms with Crippen molar-refractivity contribution >= 4 is 29.1 Å². The monoisotopic (exact) mass is 390 g/mol. The molecule has 0 fully saturated rings. The summed E-state index contributed by atoms with van der Waals surface area (Å²) in [6, 6.07) is 7.21. The van der Waals surface area contributed by atoms with Crippen molar-refractivity contribution in [2.75, 3.05) is 6.61 Å². The molecule has 142 valence electrons. The first-order chi connectivity index (χ1) is 12.9. The molecular weight excluding hydrogens is 371 g/mol. The van der Waals surface area contributed by atoms with Crippen LogP contribution >= 0.6 is 11.3 Å². The molecule has 0 saturated heterocycles. The number of hydrogen-bond acceptors (Lipinski definition) is 5. The fraction of sp³-hybridized carbons (Fsp3) is 0.316. The van der Waals surface area contributed by atoms with Crippen molar-refractivity contribution in [1.29, 1.82) is 0 Å². The van der Waals surface area contributed by atoms with Gasteiger partial charge in [0.2, 0.25) is 0 Å². The van der Waals surface area contributed by atoms with Crippen molar-refractivity contribution in [2.24, 2.45) is 5.92 Å². The first kappa shape index (κ1) is 19.0. The van der Waals surface area contributed by atoms with Gasteiger partial charge >= 0.3 is 5.97 Å². The fourth-order valence-electron chi connectivity index (χ4n) is 2.88. The van der Waals surface area contributed by atoms with E-state index >= 15 is 0 Å². The van der Waals surface area contributed by atoms with E-state index in [1.165, 1.54) is 40.0 Å². The number of carbonyl (C=O) groups excluding carboxylic acids is 3. The van der Waals surface area contributed by atoms with Crippen molar-refractivity contribution in [3.8, 4) is 0 Å². The maximum Gasteiger partial charge on any atom is 0.348 e. The first-order valence-corrected chi connectivity index (χ1v) is 9.38. The summed E-state index contributed by atoms with van der Waals surface area (Å²) >= 11 is 1.40. The molecule has 1 aromatic heterocycles. The minimum atomic E-state index is -0.798. The Bertz CT molecular complexity index is 880. The summed E-state index contributed by atoms with van der Waals surface area (Å²) in [6.45, 7) is 1.63. The summed E-state index contributed by atoms with van der Waals surface area (Å²) in [5.41, 5.74) is 5.14. The SMILES string of the molecule is C[C@@H]1CCc2sc(C(=O)OCC(=O)NNC(=O)c3ccccc3F)cc2C1. The Labute approximate surface area is 159 Å². The van der Waals surface area contributed by atoms with Crippen LogP contribution in [0.3, 0.4) is 0 Å². The Balaban J connectivity index is 1.47. The van der Waals surface area contributed by atoms with Crippen LogP contribution in [-0.4, -0.2) is 24.4 Å². The number of ether oxygens (including phenoxy) is 1. The molecule has 1 atom stereocenters. The molecule has 0 saturated carbocycles. The number of nitrogens with one attached hydrogen (secondary N) is 2. The van der Waals surface area contributed by atoms with Gasteiger partial charge in [0, 0.05) is 4.88 Å². The van der Waals surface area contributed by atoms with E-state index in [4.69, 9.17) is 4.74 Å². The van der Waals surface area contributed by atoms with Gasteiger partial charge in [-0.3, -0.25) is 20.4 Å². The molecule has 0 bridgehead atoms. The fourth-order valence-corrected chi connectivity index (χ4v) is 3.99. The van der Waals surface area contributed by atoms with Crippen LogP contribution < -0.4 is 10.9 Å². The van der Waals surface area contributed by atoms with Gasteiger partial charge in [-0.15, -0.1) is 11.3 Å². The van der Waals surface area contributed by atoms with Gasteiger partial charge in [0.15, 0.2) is 6.61 Å². The Morgan fingerprint density at radius 1 is 1.26 bits per heavy atom. The van der Waals surface area contributed by atoms with Crippen molar-refractivity contribution in [2.45, 2.75) is 26.2 Å². The molecule has 1 aliphatic rings. The maximum atomic E-state index is 13.5. The molecule has 8 heteroatoms. The quantitative estimate of drug-likeness (QED) is 0.621. The van der Waals surface area contributed by atoms with Crippen LogP contribution in [0.4, 0.5) is 4.39 Å². The predicted molar refractivity (Wildman–Crippen MR) is 97.8 cm³/mol. The predicted octanol–water partition coefficient (Wildman–Crippen LogP) is 2.63. The van der Waals surface area contributed by atoms with Crippen molar-refractivity contribution < 1.29 is 23.5 Å². The number of rotatable bonds is 4.